The van der Waals surface area contributed by atoms with Gasteiger partial charge in [-0.1, -0.05) is 113 Å². The molecule has 0 aliphatic heterocycles. The zero-order chi connectivity index (χ0) is 32.5. The average molecular weight is 634 g/mol. The molecule has 0 fully saturated rings. The van der Waals surface area contributed by atoms with E-state index in [0.29, 0.717) is 0 Å². The molecule has 1 nitrogen and oxygen atoms in total. The van der Waals surface area contributed by atoms with Crippen LogP contribution in [0.3, 0.4) is 0 Å². The molecule has 0 N–H and O–H groups in total. The van der Waals surface area contributed by atoms with Gasteiger partial charge in [0.1, 0.15) is 0 Å². The minimum absolute atomic E-state index is 1.19. The van der Waals surface area contributed by atoms with E-state index in [4.69, 9.17) is 0 Å². The summed E-state index contributed by atoms with van der Waals surface area (Å²) in [5.74, 6) is 0. The summed E-state index contributed by atoms with van der Waals surface area (Å²) in [6, 6.07) is 52.3. The summed E-state index contributed by atoms with van der Waals surface area (Å²) < 4.78 is 5.14. The fraction of sp³-hybridized carbons (Fsp3) is 0.0870. The maximum atomic E-state index is 2.48. The lowest BCUT2D eigenvalue weighted by molar-refractivity contribution is 1.18. The highest BCUT2D eigenvalue weighted by molar-refractivity contribution is 7.25. The van der Waals surface area contributed by atoms with Crippen LogP contribution in [0, 0.1) is 27.7 Å². The van der Waals surface area contributed by atoms with Gasteiger partial charge in [0, 0.05) is 36.5 Å². The topological polar surface area (TPSA) is 4.93 Å². The Kier molecular flexibility index (Phi) is 6.64. The molecular formula is C46H35NS. The van der Waals surface area contributed by atoms with Gasteiger partial charge in [-0.3, -0.25) is 0 Å². The fourth-order valence-corrected chi connectivity index (χ4v) is 8.82. The van der Waals surface area contributed by atoms with Crippen LogP contribution in [0.1, 0.15) is 22.3 Å². The van der Waals surface area contributed by atoms with Crippen molar-refractivity contribution >= 4 is 53.3 Å². The molecule has 0 atom stereocenters. The van der Waals surface area contributed by atoms with Crippen LogP contribution in [0.2, 0.25) is 0 Å². The van der Waals surface area contributed by atoms with Crippen LogP contribution >= 0.6 is 11.3 Å². The van der Waals surface area contributed by atoms with Gasteiger partial charge < -0.3 is 4.57 Å². The normalized spacial score (nSPS) is 11.8. The SMILES string of the molecule is Cc1cc(C)cc(-c2ccc3c(c2)c2cc(-c4cc(C)cc(C)c4)ccc2n3-c2ccccc2-c2ccc3sc4ccccc4c3c2)c1. The Labute approximate surface area is 285 Å². The molecule has 2 heteroatoms. The zero-order valence-corrected chi connectivity index (χ0v) is 28.5. The van der Waals surface area contributed by atoms with Crippen molar-refractivity contribution in [1.82, 2.24) is 4.57 Å². The van der Waals surface area contributed by atoms with Gasteiger partial charge in [-0.05, 0) is 104 Å². The molecule has 2 aromatic heterocycles. The Morgan fingerprint density at radius 2 is 0.875 bits per heavy atom. The number of hydrogen-bond donors (Lipinski definition) is 0. The predicted molar refractivity (Wildman–Crippen MR) is 209 cm³/mol. The second kappa shape index (κ2) is 11.1. The number of fused-ring (bicyclic) bond motifs is 6. The third kappa shape index (κ3) is 4.75. The molecule has 0 bridgehead atoms. The van der Waals surface area contributed by atoms with Crippen molar-refractivity contribution in [2.45, 2.75) is 27.7 Å². The summed E-state index contributed by atoms with van der Waals surface area (Å²) in [7, 11) is 0. The van der Waals surface area contributed by atoms with Gasteiger partial charge in [-0.2, -0.15) is 0 Å². The molecule has 0 aliphatic rings. The summed E-state index contributed by atoms with van der Waals surface area (Å²) in [5.41, 5.74) is 16.2. The minimum atomic E-state index is 1.19. The van der Waals surface area contributed by atoms with E-state index in [0.717, 1.165) is 0 Å². The van der Waals surface area contributed by atoms with Crippen LogP contribution in [0.25, 0.3) is 81.0 Å². The van der Waals surface area contributed by atoms with Gasteiger partial charge in [0.15, 0.2) is 0 Å². The zero-order valence-electron chi connectivity index (χ0n) is 27.6. The van der Waals surface area contributed by atoms with E-state index in [1.807, 2.05) is 11.3 Å². The van der Waals surface area contributed by atoms with Crippen molar-refractivity contribution in [2.24, 2.45) is 0 Å². The largest absolute Gasteiger partial charge is 0.309 e. The summed E-state index contributed by atoms with van der Waals surface area (Å²) in [5, 5.41) is 5.18. The maximum absolute atomic E-state index is 2.48. The third-order valence-corrected chi connectivity index (χ3v) is 10.9. The van der Waals surface area contributed by atoms with Gasteiger partial charge >= 0.3 is 0 Å². The molecule has 0 aliphatic carbocycles. The molecule has 48 heavy (non-hydrogen) atoms. The van der Waals surface area contributed by atoms with Gasteiger partial charge in [-0.25, -0.2) is 0 Å². The number of aromatic nitrogens is 1. The van der Waals surface area contributed by atoms with Gasteiger partial charge in [-0.15, -0.1) is 11.3 Å². The number of thiophene rings is 1. The van der Waals surface area contributed by atoms with Crippen LogP contribution in [0.5, 0.6) is 0 Å². The average Bonchev–Trinajstić information content (AvgIpc) is 3.62. The van der Waals surface area contributed by atoms with Crippen LogP contribution < -0.4 is 0 Å². The van der Waals surface area contributed by atoms with E-state index >= 15 is 0 Å². The van der Waals surface area contributed by atoms with Crippen molar-refractivity contribution in [1.29, 1.82) is 0 Å². The number of nitrogens with zero attached hydrogens (tertiary/aromatic N) is 1. The predicted octanol–water partition coefficient (Wildman–Crippen LogP) is 13.4. The van der Waals surface area contributed by atoms with E-state index in [1.165, 1.54) is 103 Å². The van der Waals surface area contributed by atoms with E-state index < -0.39 is 0 Å². The molecule has 230 valence electrons. The standard InChI is InChI=1S/C46H35NS/c1-28-19-29(2)22-35(21-28)32-13-16-43-39(25-32)40-26-33(36-23-30(3)20-31(4)24-36)14-17-44(40)47(43)42-11-7-5-9-37(42)34-15-18-46-41(27-34)38-10-6-8-12-45(38)48-46/h5-27H,1-4H3. The van der Waals surface area contributed by atoms with Crippen molar-refractivity contribution in [3.8, 4) is 39.1 Å². The van der Waals surface area contributed by atoms with E-state index in [9.17, 15) is 0 Å². The first-order valence-electron chi connectivity index (χ1n) is 16.7. The molecule has 9 rings (SSSR count). The Balaban J connectivity index is 1.31. The highest BCUT2D eigenvalue weighted by Gasteiger charge is 2.18. The highest BCUT2D eigenvalue weighted by Crippen LogP contribution is 2.42. The molecule has 0 unspecified atom stereocenters. The minimum Gasteiger partial charge on any atom is -0.309 e. The number of aryl methyl sites for hydroxylation is 4. The second-order valence-electron chi connectivity index (χ2n) is 13.4. The van der Waals surface area contributed by atoms with E-state index in [1.54, 1.807) is 0 Å². The number of rotatable bonds is 4. The lowest BCUT2D eigenvalue weighted by Crippen LogP contribution is -1.97. The Hall–Kier alpha value is -5.44. The Bertz CT molecular complexity index is 2570. The van der Waals surface area contributed by atoms with Crippen LogP contribution in [-0.2, 0) is 0 Å². The van der Waals surface area contributed by atoms with Crippen molar-refractivity contribution in [2.75, 3.05) is 0 Å². The molecule has 9 aromatic rings. The molecule has 0 saturated heterocycles. The molecule has 0 radical (unpaired) electrons. The van der Waals surface area contributed by atoms with Crippen molar-refractivity contribution < 1.29 is 0 Å². The summed E-state index contributed by atoms with van der Waals surface area (Å²) in [6.45, 7) is 8.74. The maximum Gasteiger partial charge on any atom is 0.0541 e. The van der Waals surface area contributed by atoms with Crippen molar-refractivity contribution in [3.05, 3.63) is 162 Å². The first-order valence-corrected chi connectivity index (χ1v) is 17.5. The molecule has 0 amide bonds. The first-order chi connectivity index (χ1) is 23.4. The Morgan fingerprint density at radius 3 is 1.50 bits per heavy atom. The fourth-order valence-electron chi connectivity index (χ4n) is 7.73. The molecule has 7 aromatic carbocycles. The summed E-state index contributed by atoms with van der Waals surface area (Å²) in [6.07, 6.45) is 0. The number of hydrogen-bond acceptors (Lipinski definition) is 1. The van der Waals surface area contributed by atoms with Gasteiger partial charge in [0.2, 0.25) is 0 Å². The van der Waals surface area contributed by atoms with E-state index in [-0.39, 0.29) is 0 Å². The lowest BCUT2D eigenvalue weighted by Gasteiger charge is -2.15. The molecular weight excluding hydrogens is 599 g/mol. The quantitative estimate of drug-likeness (QED) is 0.182. The van der Waals surface area contributed by atoms with Crippen LogP contribution in [0.15, 0.2) is 140 Å². The van der Waals surface area contributed by atoms with Gasteiger partial charge in [0.25, 0.3) is 0 Å². The monoisotopic (exact) mass is 633 g/mol. The van der Waals surface area contributed by atoms with Crippen LogP contribution in [0.4, 0.5) is 0 Å². The molecule has 0 spiro atoms. The highest BCUT2D eigenvalue weighted by atomic mass is 32.1. The van der Waals surface area contributed by atoms with Gasteiger partial charge in [0.05, 0.1) is 16.7 Å². The summed E-state index contributed by atoms with van der Waals surface area (Å²) in [4.78, 5) is 0. The third-order valence-electron chi connectivity index (χ3n) is 9.71. The van der Waals surface area contributed by atoms with Crippen LogP contribution in [-0.4, -0.2) is 4.57 Å². The number of para-hydroxylation sites is 1. The molecule has 2 heterocycles. The number of benzene rings is 7. The lowest BCUT2D eigenvalue weighted by atomic mass is 9.97. The molecule has 0 saturated carbocycles. The van der Waals surface area contributed by atoms with E-state index in [2.05, 4.69) is 172 Å². The van der Waals surface area contributed by atoms with Crippen molar-refractivity contribution in [3.63, 3.8) is 0 Å². The first kappa shape index (κ1) is 28.8. The summed E-state index contributed by atoms with van der Waals surface area (Å²) >= 11 is 1.87. The second-order valence-corrected chi connectivity index (χ2v) is 14.5. The Morgan fingerprint density at radius 1 is 0.375 bits per heavy atom. The smallest absolute Gasteiger partial charge is 0.0541 e.